The largest absolute Gasteiger partial charge is 0.371 e. The van der Waals surface area contributed by atoms with Crippen molar-refractivity contribution in [1.82, 2.24) is 15.1 Å². The number of amides is 2. The first-order chi connectivity index (χ1) is 11.7. The second-order valence-electron chi connectivity index (χ2n) is 6.69. The van der Waals surface area contributed by atoms with Crippen LogP contribution in [0.25, 0.3) is 0 Å². The van der Waals surface area contributed by atoms with Gasteiger partial charge in [-0.25, -0.2) is 4.79 Å². The van der Waals surface area contributed by atoms with Crippen LogP contribution in [0.4, 0.5) is 10.5 Å². The summed E-state index contributed by atoms with van der Waals surface area (Å²) in [5.41, 5.74) is 1.26. The Morgan fingerprint density at radius 1 is 1.25 bits per heavy atom. The van der Waals surface area contributed by atoms with Crippen molar-refractivity contribution >= 4 is 27.6 Å². The Morgan fingerprint density at radius 2 is 2.04 bits per heavy atom. The first-order valence-electron chi connectivity index (χ1n) is 8.91. The molecule has 2 aliphatic rings. The Hall–Kier alpha value is -1.27. The summed E-state index contributed by atoms with van der Waals surface area (Å²) in [6.07, 6.45) is 1.14. The number of benzene rings is 1. The van der Waals surface area contributed by atoms with Gasteiger partial charge in [-0.3, -0.25) is 0 Å². The lowest BCUT2D eigenvalue weighted by Crippen LogP contribution is -2.52. The van der Waals surface area contributed by atoms with Crippen LogP contribution in [0.3, 0.4) is 0 Å². The topological polar surface area (TPSA) is 38.8 Å². The molecular weight excluding hydrogens is 368 g/mol. The molecule has 5 nitrogen and oxygen atoms in total. The molecule has 1 N–H and O–H groups in total. The van der Waals surface area contributed by atoms with E-state index in [1.54, 1.807) is 0 Å². The third-order valence-electron chi connectivity index (χ3n) is 5.11. The van der Waals surface area contributed by atoms with Gasteiger partial charge in [-0.1, -0.05) is 28.9 Å². The van der Waals surface area contributed by atoms with E-state index in [9.17, 15) is 4.79 Å². The Bertz CT molecular complexity index is 560. The van der Waals surface area contributed by atoms with Crippen molar-refractivity contribution in [3.63, 3.8) is 0 Å². The number of rotatable bonds is 4. The number of likely N-dealkylation sites (N-methyl/N-ethyl adjacent to an activating group) is 1. The van der Waals surface area contributed by atoms with Crippen molar-refractivity contribution in [3.05, 3.63) is 28.7 Å². The van der Waals surface area contributed by atoms with E-state index in [4.69, 9.17) is 0 Å². The van der Waals surface area contributed by atoms with Gasteiger partial charge in [-0.2, -0.15) is 0 Å². The Labute approximate surface area is 153 Å². The SMILES string of the molecule is CCN1CCN(C(=O)NCC2CCN(c3cccc(Br)c3)C2)CC1. The predicted molar refractivity (Wildman–Crippen MR) is 102 cm³/mol. The summed E-state index contributed by atoms with van der Waals surface area (Å²) in [4.78, 5) is 19.1. The average molecular weight is 395 g/mol. The molecular formula is C18H27BrN4O. The van der Waals surface area contributed by atoms with Gasteiger partial charge in [0.2, 0.25) is 0 Å². The van der Waals surface area contributed by atoms with Gasteiger partial charge in [0.1, 0.15) is 0 Å². The standard InChI is InChI=1S/C18H27BrN4O/c1-2-21-8-10-22(11-9-21)18(24)20-13-15-6-7-23(14-15)17-5-3-4-16(19)12-17/h3-5,12,15H,2,6-11,13-14H2,1H3,(H,20,24). The average Bonchev–Trinajstić information content (AvgIpc) is 3.09. The maximum absolute atomic E-state index is 12.3. The molecule has 0 bridgehead atoms. The molecule has 2 saturated heterocycles. The predicted octanol–water partition coefficient (Wildman–Crippen LogP) is 2.62. The van der Waals surface area contributed by atoms with Crippen molar-refractivity contribution in [2.24, 2.45) is 5.92 Å². The van der Waals surface area contributed by atoms with Crippen molar-refractivity contribution in [3.8, 4) is 0 Å². The van der Waals surface area contributed by atoms with E-state index in [1.165, 1.54) is 5.69 Å². The van der Waals surface area contributed by atoms with E-state index in [2.05, 4.69) is 62.2 Å². The molecule has 0 spiro atoms. The van der Waals surface area contributed by atoms with Crippen LogP contribution in [-0.4, -0.2) is 68.2 Å². The molecule has 2 fully saturated rings. The zero-order chi connectivity index (χ0) is 16.9. The third-order valence-corrected chi connectivity index (χ3v) is 5.60. The molecule has 0 radical (unpaired) electrons. The summed E-state index contributed by atoms with van der Waals surface area (Å²) in [6.45, 7) is 9.76. The summed E-state index contributed by atoms with van der Waals surface area (Å²) in [5.74, 6) is 0.532. The molecule has 1 unspecified atom stereocenters. The molecule has 0 aromatic heterocycles. The number of urea groups is 1. The fraction of sp³-hybridized carbons (Fsp3) is 0.611. The number of carbonyl (C=O) groups is 1. The molecule has 2 amide bonds. The number of hydrogen-bond donors (Lipinski definition) is 1. The number of halogens is 1. The Kier molecular flexibility index (Phi) is 6.00. The second kappa shape index (κ2) is 8.21. The number of anilines is 1. The van der Waals surface area contributed by atoms with Gasteiger partial charge in [0, 0.05) is 56.0 Å². The Morgan fingerprint density at radius 3 is 2.75 bits per heavy atom. The zero-order valence-corrected chi connectivity index (χ0v) is 16.0. The molecule has 132 valence electrons. The normalized spacial score (nSPS) is 22.0. The van der Waals surface area contributed by atoms with E-state index in [0.717, 1.165) is 63.3 Å². The minimum atomic E-state index is 0.103. The molecule has 0 saturated carbocycles. The Balaban J connectivity index is 1.42. The van der Waals surface area contributed by atoms with Crippen LogP contribution >= 0.6 is 15.9 Å². The number of carbonyl (C=O) groups excluding carboxylic acids is 1. The fourth-order valence-electron chi connectivity index (χ4n) is 3.52. The van der Waals surface area contributed by atoms with Crippen LogP contribution in [-0.2, 0) is 0 Å². The van der Waals surface area contributed by atoms with Crippen molar-refractivity contribution in [2.75, 3.05) is 57.3 Å². The molecule has 2 aliphatic heterocycles. The fourth-order valence-corrected chi connectivity index (χ4v) is 3.90. The highest BCUT2D eigenvalue weighted by Gasteiger charge is 2.25. The summed E-state index contributed by atoms with van der Waals surface area (Å²) < 4.78 is 1.11. The summed E-state index contributed by atoms with van der Waals surface area (Å²) in [6, 6.07) is 8.54. The van der Waals surface area contributed by atoms with Gasteiger partial charge in [0.25, 0.3) is 0 Å². The molecule has 3 rings (SSSR count). The van der Waals surface area contributed by atoms with Crippen LogP contribution in [0, 0.1) is 5.92 Å². The van der Waals surface area contributed by atoms with E-state index in [-0.39, 0.29) is 6.03 Å². The van der Waals surface area contributed by atoms with Gasteiger partial charge in [-0.15, -0.1) is 0 Å². The van der Waals surface area contributed by atoms with Crippen LogP contribution in [0.5, 0.6) is 0 Å². The van der Waals surface area contributed by atoms with Crippen LogP contribution in [0.2, 0.25) is 0 Å². The van der Waals surface area contributed by atoms with Crippen LogP contribution in [0.1, 0.15) is 13.3 Å². The van der Waals surface area contributed by atoms with Crippen LogP contribution < -0.4 is 10.2 Å². The molecule has 2 heterocycles. The van der Waals surface area contributed by atoms with Gasteiger partial charge in [0.05, 0.1) is 0 Å². The highest BCUT2D eigenvalue weighted by Crippen LogP contribution is 2.25. The first kappa shape index (κ1) is 17.5. The third kappa shape index (κ3) is 4.42. The lowest BCUT2D eigenvalue weighted by Gasteiger charge is -2.34. The lowest BCUT2D eigenvalue weighted by molar-refractivity contribution is 0.142. The zero-order valence-electron chi connectivity index (χ0n) is 14.4. The van der Waals surface area contributed by atoms with E-state index in [1.807, 2.05) is 4.90 Å². The van der Waals surface area contributed by atoms with E-state index in [0.29, 0.717) is 5.92 Å². The van der Waals surface area contributed by atoms with Crippen molar-refractivity contribution < 1.29 is 4.79 Å². The lowest BCUT2D eigenvalue weighted by atomic mass is 10.1. The number of piperazine rings is 1. The molecule has 1 aromatic carbocycles. The first-order valence-corrected chi connectivity index (χ1v) is 9.70. The van der Waals surface area contributed by atoms with Gasteiger partial charge < -0.3 is 20.0 Å². The quantitative estimate of drug-likeness (QED) is 0.852. The molecule has 1 atom stereocenters. The number of nitrogens with zero attached hydrogens (tertiary/aromatic N) is 3. The summed E-state index contributed by atoms with van der Waals surface area (Å²) in [7, 11) is 0. The van der Waals surface area contributed by atoms with Gasteiger partial charge >= 0.3 is 6.03 Å². The van der Waals surface area contributed by atoms with Crippen molar-refractivity contribution in [1.29, 1.82) is 0 Å². The highest BCUT2D eigenvalue weighted by atomic mass is 79.9. The van der Waals surface area contributed by atoms with Gasteiger partial charge in [-0.05, 0) is 37.1 Å². The maximum Gasteiger partial charge on any atom is 0.317 e. The minimum Gasteiger partial charge on any atom is -0.371 e. The summed E-state index contributed by atoms with van der Waals surface area (Å²) in [5, 5.41) is 3.14. The molecule has 0 aliphatic carbocycles. The monoisotopic (exact) mass is 394 g/mol. The number of nitrogens with one attached hydrogen (secondary N) is 1. The highest BCUT2D eigenvalue weighted by molar-refractivity contribution is 9.10. The maximum atomic E-state index is 12.3. The molecule has 24 heavy (non-hydrogen) atoms. The molecule has 1 aromatic rings. The smallest absolute Gasteiger partial charge is 0.317 e. The van der Waals surface area contributed by atoms with E-state index < -0.39 is 0 Å². The van der Waals surface area contributed by atoms with Gasteiger partial charge in [0.15, 0.2) is 0 Å². The summed E-state index contributed by atoms with van der Waals surface area (Å²) >= 11 is 3.53. The number of hydrogen-bond acceptors (Lipinski definition) is 3. The van der Waals surface area contributed by atoms with Crippen LogP contribution in [0.15, 0.2) is 28.7 Å². The van der Waals surface area contributed by atoms with E-state index >= 15 is 0 Å². The second-order valence-corrected chi connectivity index (χ2v) is 7.60. The molecule has 6 heteroatoms. The van der Waals surface area contributed by atoms with Crippen molar-refractivity contribution in [2.45, 2.75) is 13.3 Å². The minimum absolute atomic E-state index is 0.103.